The molecule has 3 aliphatic rings. The molecule has 154 valence electrons. The highest BCUT2D eigenvalue weighted by atomic mass is 19.1. The van der Waals surface area contributed by atoms with Crippen molar-refractivity contribution in [3.8, 4) is 0 Å². The highest BCUT2D eigenvalue weighted by molar-refractivity contribution is 5.78. The largest absolute Gasteiger partial charge is 0.381 e. The highest BCUT2D eigenvalue weighted by Crippen LogP contribution is 2.31. The van der Waals surface area contributed by atoms with Gasteiger partial charge in [0.15, 0.2) is 5.96 Å². The Morgan fingerprint density at radius 3 is 2.29 bits per heavy atom. The van der Waals surface area contributed by atoms with Crippen LogP contribution in [0.15, 0.2) is 29.3 Å². The molecule has 0 atom stereocenters. The molecule has 3 fully saturated rings. The van der Waals surface area contributed by atoms with Crippen LogP contribution in [0, 0.1) is 5.82 Å². The van der Waals surface area contributed by atoms with Crippen LogP contribution in [0.1, 0.15) is 25.7 Å². The van der Waals surface area contributed by atoms with Crippen molar-refractivity contribution in [3.63, 3.8) is 0 Å². The number of guanidine groups is 1. The third kappa shape index (κ3) is 4.25. The maximum absolute atomic E-state index is 13.1. The molecule has 0 saturated carbocycles. The van der Waals surface area contributed by atoms with E-state index in [1.165, 1.54) is 38.1 Å². The maximum Gasteiger partial charge on any atom is 0.191 e. The molecule has 3 aliphatic heterocycles. The van der Waals surface area contributed by atoms with Crippen molar-refractivity contribution >= 4 is 11.6 Å². The number of likely N-dealkylation sites (tertiary alicyclic amines) is 1. The molecule has 1 aromatic carbocycles. The van der Waals surface area contributed by atoms with Crippen molar-refractivity contribution < 1.29 is 9.13 Å². The Morgan fingerprint density at radius 2 is 1.64 bits per heavy atom. The van der Waals surface area contributed by atoms with E-state index in [0.29, 0.717) is 5.96 Å². The second-order valence-corrected chi connectivity index (χ2v) is 8.16. The lowest BCUT2D eigenvalue weighted by Gasteiger charge is -2.44. The molecule has 7 heteroatoms. The minimum Gasteiger partial charge on any atom is -0.381 e. The molecule has 6 nitrogen and oxygen atoms in total. The zero-order valence-electron chi connectivity index (χ0n) is 16.7. The first-order valence-electron chi connectivity index (χ1n) is 10.5. The van der Waals surface area contributed by atoms with Crippen molar-refractivity contribution in [2.75, 3.05) is 63.9 Å². The lowest BCUT2D eigenvalue weighted by atomic mass is 9.88. The lowest BCUT2D eigenvalue weighted by Crippen LogP contribution is -2.55. The van der Waals surface area contributed by atoms with E-state index in [1.807, 2.05) is 12.1 Å². The van der Waals surface area contributed by atoms with Crippen LogP contribution < -0.4 is 10.6 Å². The fourth-order valence-electron chi connectivity index (χ4n) is 4.69. The number of hydrogen-bond acceptors (Lipinski definition) is 4. The number of rotatable bonds is 4. The molecular weight excluding hydrogens is 357 g/mol. The van der Waals surface area contributed by atoms with Crippen LogP contribution in [0.4, 0.5) is 10.1 Å². The first-order chi connectivity index (χ1) is 13.7. The summed E-state index contributed by atoms with van der Waals surface area (Å²) in [7, 11) is 0. The van der Waals surface area contributed by atoms with E-state index in [0.717, 1.165) is 64.5 Å². The molecule has 1 aromatic rings. The second-order valence-electron chi connectivity index (χ2n) is 8.16. The van der Waals surface area contributed by atoms with Gasteiger partial charge in [-0.05, 0) is 63.0 Å². The van der Waals surface area contributed by atoms with E-state index in [-0.39, 0.29) is 11.4 Å². The maximum atomic E-state index is 13.1. The average molecular weight is 390 g/mol. The Labute approximate surface area is 167 Å². The Hall–Kier alpha value is -1.86. The number of nitrogens with two attached hydrogens (primary N) is 1. The van der Waals surface area contributed by atoms with Crippen LogP contribution in [0.5, 0.6) is 0 Å². The van der Waals surface area contributed by atoms with Gasteiger partial charge in [0, 0.05) is 50.6 Å². The Bertz CT molecular complexity index is 660. The van der Waals surface area contributed by atoms with Crippen LogP contribution in [-0.2, 0) is 4.74 Å². The molecule has 3 heterocycles. The fraction of sp³-hybridized carbons (Fsp3) is 0.667. The van der Waals surface area contributed by atoms with Gasteiger partial charge < -0.3 is 20.3 Å². The Morgan fingerprint density at radius 1 is 1.00 bits per heavy atom. The van der Waals surface area contributed by atoms with E-state index in [1.54, 1.807) is 0 Å². The number of ether oxygens (including phenoxy) is 1. The number of nitrogens with zero attached hydrogens (tertiary/aromatic N) is 4. The molecule has 0 amide bonds. The van der Waals surface area contributed by atoms with Crippen molar-refractivity contribution in [2.24, 2.45) is 10.7 Å². The third-order valence-corrected chi connectivity index (χ3v) is 6.53. The van der Waals surface area contributed by atoms with Gasteiger partial charge >= 0.3 is 0 Å². The Kier molecular flexibility index (Phi) is 6.01. The molecule has 0 bridgehead atoms. The molecule has 3 saturated heterocycles. The van der Waals surface area contributed by atoms with Gasteiger partial charge in [-0.3, -0.25) is 9.89 Å². The van der Waals surface area contributed by atoms with Crippen LogP contribution in [0.3, 0.4) is 0 Å². The summed E-state index contributed by atoms with van der Waals surface area (Å²) in [5, 5.41) is 0. The van der Waals surface area contributed by atoms with Gasteiger partial charge in [-0.1, -0.05) is 0 Å². The van der Waals surface area contributed by atoms with Crippen molar-refractivity contribution in [3.05, 3.63) is 30.1 Å². The normalized spacial score (nSPS) is 24.0. The van der Waals surface area contributed by atoms with Crippen LogP contribution in [-0.4, -0.2) is 80.3 Å². The SMILES string of the molecule is NC(=NCC1(N2CCCC2)CCOCC1)N1CCN(c2ccc(F)cc2)CC1. The van der Waals surface area contributed by atoms with Crippen molar-refractivity contribution in [1.82, 2.24) is 9.80 Å². The highest BCUT2D eigenvalue weighted by Gasteiger charge is 2.39. The summed E-state index contributed by atoms with van der Waals surface area (Å²) in [5.41, 5.74) is 7.57. The third-order valence-electron chi connectivity index (χ3n) is 6.53. The summed E-state index contributed by atoms with van der Waals surface area (Å²) < 4.78 is 18.8. The fourth-order valence-corrected chi connectivity index (χ4v) is 4.69. The smallest absolute Gasteiger partial charge is 0.191 e. The van der Waals surface area contributed by atoms with Gasteiger partial charge in [0.1, 0.15) is 5.82 Å². The summed E-state index contributed by atoms with van der Waals surface area (Å²) in [4.78, 5) is 11.9. The molecule has 2 N–H and O–H groups in total. The van der Waals surface area contributed by atoms with Gasteiger partial charge in [-0.15, -0.1) is 0 Å². The molecule has 0 aliphatic carbocycles. The van der Waals surface area contributed by atoms with Gasteiger partial charge in [0.25, 0.3) is 0 Å². The van der Waals surface area contributed by atoms with E-state index < -0.39 is 0 Å². The lowest BCUT2D eigenvalue weighted by molar-refractivity contribution is -0.0139. The van der Waals surface area contributed by atoms with Gasteiger partial charge in [0.2, 0.25) is 0 Å². The predicted octanol–water partition coefficient (Wildman–Crippen LogP) is 1.91. The van der Waals surface area contributed by atoms with Gasteiger partial charge in [0.05, 0.1) is 6.54 Å². The number of aliphatic imine (C=N–C) groups is 1. The predicted molar refractivity (Wildman–Crippen MR) is 110 cm³/mol. The van der Waals surface area contributed by atoms with Crippen LogP contribution in [0.25, 0.3) is 0 Å². The monoisotopic (exact) mass is 389 g/mol. The number of anilines is 1. The standard InChI is InChI=1S/C21H32FN5O/c22-18-3-5-19(6-4-18)25-11-13-26(14-12-25)20(23)24-17-21(7-15-28-16-8-21)27-9-1-2-10-27/h3-6H,1-2,7-17H2,(H2,23,24). The summed E-state index contributed by atoms with van der Waals surface area (Å²) >= 11 is 0. The molecule has 28 heavy (non-hydrogen) atoms. The van der Waals surface area contributed by atoms with E-state index in [2.05, 4.69) is 14.7 Å². The number of piperazine rings is 1. The zero-order chi connectivity index (χ0) is 19.4. The minimum atomic E-state index is -0.196. The van der Waals surface area contributed by atoms with Crippen molar-refractivity contribution in [1.29, 1.82) is 0 Å². The molecular formula is C21H32FN5O. The summed E-state index contributed by atoms with van der Waals surface area (Å²) in [6.07, 6.45) is 4.66. The van der Waals surface area contributed by atoms with E-state index in [9.17, 15) is 4.39 Å². The summed E-state index contributed by atoms with van der Waals surface area (Å²) in [6, 6.07) is 6.72. The van der Waals surface area contributed by atoms with Crippen LogP contribution in [0.2, 0.25) is 0 Å². The zero-order valence-corrected chi connectivity index (χ0v) is 16.7. The molecule has 0 spiro atoms. The quantitative estimate of drug-likeness (QED) is 0.630. The molecule has 0 radical (unpaired) electrons. The average Bonchev–Trinajstić information content (AvgIpc) is 3.29. The van der Waals surface area contributed by atoms with Gasteiger partial charge in [-0.2, -0.15) is 0 Å². The van der Waals surface area contributed by atoms with Crippen molar-refractivity contribution in [2.45, 2.75) is 31.2 Å². The molecule has 4 rings (SSSR count). The molecule has 0 unspecified atom stereocenters. The van der Waals surface area contributed by atoms with E-state index >= 15 is 0 Å². The summed E-state index contributed by atoms with van der Waals surface area (Å²) in [6.45, 7) is 8.17. The summed E-state index contributed by atoms with van der Waals surface area (Å²) in [5.74, 6) is 0.461. The first-order valence-corrected chi connectivity index (χ1v) is 10.5. The van der Waals surface area contributed by atoms with Crippen LogP contribution >= 0.6 is 0 Å². The number of hydrogen-bond donors (Lipinski definition) is 1. The minimum absolute atomic E-state index is 0.120. The topological polar surface area (TPSA) is 57.3 Å². The number of benzene rings is 1. The van der Waals surface area contributed by atoms with Gasteiger partial charge in [-0.25, -0.2) is 4.39 Å². The second kappa shape index (κ2) is 8.66. The Balaban J connectivity index is 1.35. The molecule has 0 aromatic heterocycles. The van der Waals surface area contributed by atoms with E-state index in [4.69, 9.17) is 15.5 Å². The number of halogens is 1. The first kappa shape index (κ1) is 19.5.